The molecule has 1 saturated carbocycles. The molecular formula is C10H19BrO3. The lowest BCUT2D eigenvalue weighted by Crippen LogP contribution is -2.50. The van der Waals surface area contributed by atoms with Crippen LogP contribution in [-0.4, -0.2) is 44.0 Å². The molecule has 0 aromatic rings. The summed E-state index contributed by atoms with van der Waals surface area (Å²) in [5, 5.41) is 0. The van der Waals surface area contributed by atoms with E-state index in [0.29, 0.717) is 4.83 Å². The molecule has 0 aromatic heterocycles. The van der Waals surface area contributed by atoms with Gasteiger partial charge in [0.25, 0.3) is 0 Å². The average Bonchev–Trinajstić information content (AvgIpc) is 2.19. The molecule has 84 valence electrons. The zero-order valence-electron chi connectivity index (χ0n) is 8.87. The first-order chi connectivity index (χ1) is 6.79. The number of alkyl halides is 1. The molecule has 1 rings (SSSR count). The van der Waals surface area contributed by atoms with E-state index >= 15 is 0 Å². The minimum Gasteiger partial charge on any atom is -0.385 e. The molecule has 0 N–H and O–H groups in total. The first kappa shape index (κ1) is 12.4. The zero-order valence-corrected chi connectivity index (χ0v) is 10.5. The minimum absolute atomic E-state index is 0.238. The third-order valence-corrected chi connectivity index (χ3v) is 3.26. The number of methoxy groups -OCH3 is 1. The molecule has 1 aliphatic carbocycles. The summed E-state index contributed by atoms with van der Waals surface area (Å²) >= 11 is 3.56. The zero-order chi connectivity index (χ0) is 10.4. The van der Waals surface area contributed by atoms with Crippen molar-refractivity contribution in [3.05, 3.63) is 0 Å². The van der Waals surface area contributed by atoms with Crippen molar-refractivity contribution in [2.75, 3.05) is 26.9 Å². The van der Waals surface area contributed by atoms with Crippen LogP contribution in [0, 0.1) is 0 Å². The van der Waals surface area contributed by atoms with Gasteiger partial charge >= 0.3 is 0 Å². The number of hydrogen-bond donors (Lipinski definition) is 0. The van der Waals surface area contributed by atoms with Crippen LogP contribution < -0.4 is 0 Å². The van der Waals surface area contributed by atoms with Gasteiger partial charge in [-0.25, -0.2) is 0 Å². The molecule has 0 aromatic carbocycles. The predicted molar refractivity (Wildman–Crippen MR) is 59.0 cm³/mol. The van der Waals surface area contributed by atoms with E-state index in [1.807, 2.05) is 6.92 Å². The van der Waals surface area contributed by atoms with Gasteiger partial charge < -0.3 is 14.2 Å². The van der Waals surface area contributed by atoms with Gasteiger partial charge in [-0.2, -0.15) is 0 Å². The summed E-state index contributed by atoms with van der Waals surface area (Å²) in [6.45, 7) is 4.30. The summed E-state index contributed by atoms with van der Waals surface area (Å²) < 4.78 is 16.2. The maximum atomic E-state index is 5.68. The number of rotatable bonds is 7. The van der Waals surface area contributed by atoms with Crippen molar-refractivity contribution in [1.29, 1.82) is 0 Å². The van der Waals surface area contributed by atoms with Crippen molar-refractivity contribution < 1.29 is 14.2 Å². The Morgan fingerprint density at radius 3 is 2.64 bits per heavy atom. The lowest BCUT2D eigenvalue weighted by Gasteiger charge is -2.40. The summed E-state index contributed by atoms with van der Waals surface area (Å²) in [4.78, 5) is 0.467. The van der Waals surface area contributed by atoms with Crippen molar-refractivity contribution in [2.24, 2.45) is 0 Å². The number of hydrogen-bond acceptors (Lipinski definition) is 3. The highest BCUT2D eigenvalue weighted by molar-refractivity contribution is 9.09. The number of ether oxygens (including phenoxy) is 3. The molecule has 3 nitrogen and oxygen atoms in total. The third kappa shape index (κ3) is 3.50. The van der Waals surface area contributed by atoms with Crippen LogP contribution in [0.5, 0.6) is 0 Å². The van der Waals surface area contributed by atoms with Crippen LogP contribution in [0.3, 0.4) is 0 Å². The maximum Gasteiger partial charge on any atom is 0.0962 e. The molecule has 3 unspecified atom stereocenters. The van der Waals surface area contributed by atoms with E-state index < -0.39 is 0 Å². The lowest BCUT2D eigenvalue weighted by atomic mass is 9.91. The van der Waals surface area contributed by atoms with E-state index in [4.69, 9.17) is 14.2 Å². The highest BCUT2D eigenvalue weighted by Gasteiger charge is 2.40. The normalized spacial score (nSPS) is 31.5. The molecule has 0 aliphatic heterocycles. The van der Waals surface area contributed by atoms with Gasteiger partial charge in [0.1, 0.15) is 0 Å². The SMILES string of the molecule is CCOC1C(Br)CC1OCCCOC. The van der Waals surface area contributed by atoms with Gasteiger partial charge in [0, 0.05) is 31.8 Å². The van der Waals surface area contributed by atoms with E-state index in [1.165, 1.54) is 0 Å². The van der Waals surface area contributed by atoms with Crippen molar-refractivity contribution in [1.82, 2.24) is 0 Å². The predicted octanol–water partition coefficient (Wildman–Crippen LogP) is 1.98. The Morgan fingerprint density at radius 2 is 2.07 bits per heavy atom. The van der Waals surface area contributed by atoms with E-state index in [9.17, 15) is 0 Å². The standard InChI is InChI=1S/C10H19BrO3/c1-3-13-10-8(11)7-9(10)14-6-4-5-12-2/h8-10H,3-7H2,1-2H3. The molecule has 0 bridgehead atoms. The van der Waals surface area contributed by atoms with Gasteiger partial charge in [-0.3, -0.25) is 0 Å². The first-order valence-corrected chi connectivity index (χ1v) is 6.07. The fourth-order valence-corrected chi connectivity index (χ4v) is 2.39. The molecule has 1 fully saturated rings. The van der Waals surface area contributed by atoms with Crippen LogP contribution in [0.2, 0.25) is 0 Å². The van der Waals surface area contributed by atoms with Crippen LogP contribution in [0.15, 0.2) is 0 Å². The fourth-order valence-electron chi connectivity index (χ4n) is 1.53. The van der Waals surface area contributed by atoms with Gasteiger partial charge in [0.15, 0.2) is 0 Å². The maximum absolute atomic E-state index is 5.68. The molecule has 1 aliphatic rings. The van der Waals surface area contributed by atoms with Crippen LogP contribution in [0.25, 0.3) is 0 Å². The van der Waals surface area contributed by atoms with Gasteiger partial charge in [-0.1, -0.05) is 15.9 Å². The Kier molecular flexibility index (Phi) is 6.01. The van der Waals surface area contributed by atoms with E-state index in [2.05, 4.69) is 15.9 Å². The monoisotopic (exact) mass is 266 g/mol. The topological polar surface area (TPSA) is 27.7 Å². The number of halogens is 1. The van der Waals surface area contributed by atoms with Crippen LogP contribution >= 0.6 is 15.9 Å². The van der Waals surface area contributed by atoms with Crippen molar-refractivity contribution in [2.45, 2.75) is 36.8 Å². The Bertz CT molecular complexity index is 154. The quantitative estimate of drug-likeness (QED) is 0.521. The second-order valence-electron chi connectivity index (χ2n) is 3.43. The van der Waals surface area contributed by atoms with Crippen molar-refractivity contribution in [3.8, 4) is 0 Å². The van der Waals surface area contributed by atoms with Crippen LogP contribution in [0.1, 0.15) is 19.8 Å². The lowest BCUT2D eigenvalue weighted by molar-refractivity contribution is -0.120. The molecule has 0 saturated heterocycles. The van der Waals surface area contributed by atoms with E-state index in [-0.39, 0.29) is 12.2 Å². The Labute approximate surface area is 94.2 Å². The van der Waals surface area contributed by atoms with Gasteiger partial charge in [-0.15, -0.1) is 0 Å². The van der Waals surface area contributed by atoms with Crippen molar-refractivity contribution >= 4 is 15.9 Å². The Hall–Kier alpha value is 0.360. The second kappa shape index (κ2) is 6.77. The summed E-state index contributed by atoms with van der Waals surface area (Å²) in [7, 11) is 1.71. The molecule has 0 radical (unpaired) electrons. The third-order valence-electron chi connectivity index (χ3n) is 2.36. The van der Waals surface area contributed by atoms with Gasteiger partial charge in [0.2, 0.25) is 0 Å². The minimum atomic E-state index is 0.238. The average molecular weight is 267 g/mol. The van der Waals surface area contributed by atoms with Gasteiger partial charge in [-0.05, 0) is 19.8 Å². The van der Waals surface area contributed by atoms with E-state index in [1.54, 1.807) is 7.11 Å². The Morgan fingerprint density at radius 1 is 1.29 bits per heavy atom. The largest absolute Gasteiger partial charge is 0.385 e. The second-order valence-corrected chi connectivity index (χ2v) is 4.60. The highest BCUT2D eigenvalue weighted by Crippen LogP contribution is 2.33. The smallest absolute Gasteiger partial charge is 0.0962 e. The fraction of sp³-hybridized carbons (Fsp3) is 1.00. The molecule has 14 heavy (non-hydrogen) atoms. The molecule has 3 atom stereocenters. The summed E-state index contributed by atoms with van der Waals surface area (Å²) in [5.41, 5.74) is 0. The molecule has 4 heteroatoms. The van der Waals surface area contributed by atoms with Gasteiger partial charge in [0.05, 0.1) is 12.2 Å². The summed E-state index contributed by atoms with van der Waals surface area (Å²) in [6.07, 6.45) is 2.52. The van der Waals surface area contributed by atoms with E-state index in [0.717, 1.165) is 32.7 Å². The molecular weight excluding hydrogens is 248 g/mol. The highest BCUT2D eigenvalue weighted by atomic mass is 79.9. The van der Waals surface area contributed by atoms with Crippen LogP contribution in [-0.2, 0) is 14.2 Å². The summed E-state index contributed by atoms with van der Waals surface area (Å²) in [6, 6.07) is 0. The molecule has 0 spiro atoms. The molecule has 0 amide bonds. The van der Waals surface area contributed by atoms with Crippen molar-refractivity contribution in [3.63, 3.8) is 0 Å². The Balaban J connectivity index is 2.06. The molecule has 0 heterocycles. The van der Waals surface area contributed by atoms with Crippen LogP contribution in [0.4, 0.5) is 0 Å². The first-order valence-electron chi connectivity index (χ1n) is 5.15. The summed E-state index contributed by atoms with van der Waals surface area (Å²) in [5.74, 6) is 0.